The summed E-state index contributed by atoms with van der Waals surface area (Å²) in [7, 11) is 0. The van der Waals surface area contributed by atoms with E-state index >= 15 is 0 Å². The van der Waals surface area contributed by atoms with Gasteiger partial charge < -0.3 is 11.1 Å². The Labute approximate surface area is 124 Å². The van der Waals surface area contributed by atoms with E-state index in [9.17, 15) is 4.79 Å². The second-order valence-corrected chi connectivity index (χ2v) is 5.79. The molecular formula is C15H23BrN2O. The van der Waals surface area contributed by atoms with E-state index in [4.69, 9.17) is 5.73 Å². The summed E-state index contributed by atoms with van der Waals surface area (Å²) in [6.45, 7) is 4.79. The van der Waals surface area contributed by atoms with Gasteiger partial charge in [0.25, 0.3) is 0 Å². The number of rotatable bonds is 7. The summed E-state index contributed by atoms with van der Waals surface area (Å²) in [6, 6.07) is 4.09. The Morgan fingerprint density at radius 1 is 1.21 bits per heavy atom. The number of unbranched alkanes of at least 4 members (excludes halogenated alkanes) is 3. The molecule has 0 spiro atoms. The number of aryl methyl sites for hydroxylation is 2. The molecule has 0 aliphatic rings. The third-order valence-corrected chi connectivity index (χ3v) is 3.68. The number of amides is 1. The molecule has 0 aliphatic carbocycles. The zero-order chi connectivity index (χ0) is 14.3. The number of halogens is 1. The topological polar surface area (TPSA) is 55.1 Å². The highest BCUT2D eigenvalue weighted by atomic mass is 79.9. The number of carbonyl (C=O) groups excluding carboxylic acids is 1. The SMILES string of the molecule is Cc1cc(C)c(NC(=O)CCCCCCN)c(Br)c1. The lowest BCUT2D eigenvalue weighted by Gasteiger charge is -2.11. The molecule has 0 saturated carbocycles. The lowest BCUT2D eigenvalue weighted by molar-refractivity contribution is -0.116. The third-order valence-electron chi connectivity index (χ3n) is 3.05. The first-order valence-electron chi connectivity index (χ1n) is 6.81. The second-order valence-electron chi connectivity index (χ2n) is 4.94. The molecule has 4 heteroatoms. The summed E-state index contributed by atoms with van der Waals surface area (Å²) in [6.07, 6.45) is 4.72. The maximum absolute atomic E-state index is 11.9. The fourth-order valence-electron chi connectivity index (χ4n) is 2.06. The van der Waals surface area contributed by atoms with E-state index in [0.717, 1.165) is 48.0 Å². The van der Waals surface area contributed by atoms with Crippen molar-refractivity contribution in [3.63, 3.8) is 0 Å². The van der Waals surface area contributed by atoms with Gasteiger partial charge in [0.2, 0.25) is 5.91 Å². The highest BCUT2D eigenvalue weighted by Gasteiger charge is 2.08. The van der Waals surface area contributed by atoms with Crippen molar-refractivity contribution >= 4 is 27.5 Å². The van der Waals surface area contributed by atoms with Crippen molar-refractivity contribution in [1.82, 2.24) is 0 Å². The van der Waals surface area contributed by atoms with E-state index in [2.05, 4.69) is 27.3 Å². The third kappa shape index (κ3) is 5.74. The molecule has 0 fully saturated rings. The Kier molecular flexibility index (Phi) is 7.10. The second kappa shape index (κ2) is 8.33. The first kappa shape index (κ1) is 16.2. The van der Waals surface area contributed by atoms with Crippen molar-refractivity contribution in [2.75, 3.05) is 11.9 Å². The molecule has 1 amide bonds. The zero-order valence-electron chi connectivity index (χ0n) is 11.8. The van der Waals surface area contributed by atoms with Crippen molar-refractivity contribution in [2.45, 2.75) is 46.0 Å². The highest BCUT2D eigenvalue weighted by molar-refractivity contribution is 9.10. The first-order valence-corrected chi connectivity index (χ1v) is 7.60. The Bertz CT molecular complexity index is 409. The number of nitrogens with one attached hydrogen (secondary N) is 1. The van der Waals surface area contributed by atoms with E-state index in [0.29, 0.717) is 6.42 Å². The van der Waals surface area contributed by atoms with Crippen LogP contribution < -0.4 is 11.1 Å². The van der Waals surface area contributed by atoms with Crippen molar-refractivity contribution in [3.8, 4) is 0 Å². The average Bonchev–Trinajstić information content (AvgIpc) is 2.33. The number of carbonyl (C=O) groups is 1. The molecule has 1 rings (SSSR count). The predicted octanol–water partition coefficient (Wildman–Crippen LogP) is 3.91. The summed E-state index contributed by atoms with van der Waals surface area (Å²) < 4.78 is 0.946. The van der Waals surface area contributed by atoms with Gasteiger partial charge in [-0.15, -0.1) is 0 Å². The normalized spacial score (nSPS) is 10.5. The van der Waals surface area contributed by atoms with Gasteiger partial charge in [-0.1, -0.05) is 18.9 Å². The number of hydrogen-bond acceptors (Lipinski definition) is 2. The largest absolute Gasteiger partial charge is 0.330 e. The van der Waals surface area contributed by atoms with Crippen LogP contribution in [0.1, 0.15) is 43.2 Å². The fourth-order valence-corrected chi connectivity index (χ4v) is 2.83. The number of benzene rings is 1. The van der Waals surface area contributed by atoms with Gasteiger partial charge in [-0.2, -0.15) is 0 Å². The molecule has 0 saturated heterocycles. The van der Waals surface area contributed by atoms with Crippen LogP contribution in [0, 0.1) is 13.8 Å². The predicted molar refractivity (Wildman–Crippen MR) is 84.4 cm³/mol. The molecule has 3 N–H and O–H groups in total. The Balaban J connectivity index is 2.44. The summed E-state index contributed by atoms with van der Waals surface area (Å²) in [4.78, 5) is 11.9. The molecule has 3 nitrogen and oxygen atoms in total. The first-order chi connectivity index (χ1) is 9.04. The summed E-state index contributed by atoms with van der Waals surface area (Å²) in [5, 5.41) is 2.99. The Hall–Kier alpha value is -0.870. The lowest BCUT2D eigenvalue weighted by atomic mass is 10.1. The molecule has 106 valence electrons. The molecule has 0 heterocycles. The number of nitrogens with two attached hydrogens (primary N) is 1. The Morgan fingerprint density at radius 2 is 1.89 bits per heavy atom. The summed E-state index contributed by atoms with van der Waals surface area (Å²) >= 11 is 3.50. The van der Waals surface area contributed by atoms with Crippen LogP contribution >= 0.6 is 15.9 Å². The van der Waals surface area contributed by atoms with Crippen LogP contribution in [0.3, 0.4) is 0 Å². The van der Waals surface area contributed by atoms with E-state index in [1.807, 2.05) is 19.9 Å². The van der Waals surface area contributed by atoms with Crippen molar-refractivity contribution < 1.29 is 4.79 Å². The molecule has 1 aromatic rings. The number of hydrogen-bond donors (Lipinski definition) is 2. The standard InChI is InChI=1S/C15H23BrN2O/c1-11-9-12(2)15(13(16)10-11)18-14(19)7-5-3-4-6-8-17/h9-10H,3-8,17H2,1-2H3,(H,18,19). The molecule has 0 aromatic heterocycles. The van der Waals surface area contributed by atoms with Gasteiger partial charge in [0.15, 0.2) is 0 Å². The summed E-state index contributed by atoms with van der Waals surface area (Å²) in [5.74, 6) is 0.0837. The van der Waals surface area contributed by atoms with Crippen molar-refractivity contribution in [1.29, 1.82) is 0 Å². The maximum atomic E-state index is 11.9. The number of anilines is 1. The summed E-state index contributed by atoms with van der Waals surface area (Å²) in [5.41, 5.74) is 8.59. The minimum atomic E-state index is 0.0837. The lowest BCUT2D eigenvalue weighted by Crippen LogP contribution is -2.12. The van der Waals surface area contributed by atoms with Crippen LogP contribution in [0.15, 0.2) is 16.6 Å². The minimum absolute atomic E-state index is 0.0837. The van der Waals surface area contributed by atoms with E-state index < -0.39 is 0 Å². The van der Waals surface area contributed by atoms with Gasteiger partial charge in [-0.05, 0) is 66.4 Å². The van der Waals surface area contributed by atoms with Gasteiger partial charge in [0.05, 0.1) is 5.69 Å². The molecule has 19 heavy (non-hydrogen) atoms. The van der Waals surface area contributed by atoms with Gasteiger partial charge in [-0.25, -0.2) is 0 Å². The fraction of sp³-hybridized carbons (Fsp3) is 0.533. The van der Waals surface area contributed by atoms with Crippen LogP contribution in [0.25, 0.3) is 0 Å². The molecular weight excluding hydrogens is 304 g/mol. The van der Waals surface area contributed by atoms with Crippen LogP contribution in [0.5, 0.6) is 0 Å². The van der Waals surface area contributed by atoms with Crippen LogP contribution in [-0.2, 0) is 4.79 Å². The maximum Gasteiger partial charge on any atom is 0.224 e. The van der Waals surface area contributed by atoms with E-state index in [1.54, 1.807) is 0 Å². The highest BCUT2D eigenvalue weighted by Crippen LogP contribution is 2.27. The van der Waals surface area contributed by atoms with E-state index in [-0.39, 0.29) is 5.91 Å². The van der Waals surface area contributed by atoms with Crippen LogP contribution in [0.4, 0.5) is 5.69 Å². The molecule has 0 aliphatic heterocycles. The monoisotopic (exact) mass is 326 g/mol. The zero-order valence-corrected chi connectivity index (χ0v) is 13.3. The van der Waals surface area contributed by atoms with Crippen LogP contribution in [0.2, 0.25) is 0 Å². The van der Waals surface area contributed by atoms with E-state index in [1.165, 1.54) is 5.56 Å². The van der Waals surface area contributed by atoms with Gasteiger partial charge in [0.1, 0.15) is 0 Å². The molecule has 0 radical (unpaired) electrons. The molecule has 0 atom stereocenters. The Morgan fingerprint density at radius 3 is 2.53 bits per heavy atom. The van der Waals surface area contributed by atoms with Gasteiger partial charge >= 0.3 is 0 Å². The smallest absolute Gasteiger partial charge is 0.224 e. The molecule has 0 unspecified atom stereocenters. The van der Waals surface area contributed by atoms with Crippen LogP contribution in [-0.4, -0.2) is 12.5 Å². The van der Waals surface area contributed by atoms with Gasteiger partial charge in [0, 0.05) is 10.9 Å². The average molecular weight is 327 g/mol. The molecule has 0 bridgehead atoms. The quantitative estimate of drug-likeness (QED) is 0.746. The van der Waals surface area contributed by atoms with Crippen molar-refractivity contribution in [3.05, 3.63) is 27.7 Å². The molecule has 1 aromatic carbocycles. The van der Waals surface area contributed by atoms with Crippen molar-refractivity contribution in [2.24, 2.45) is 5.73 Å². The van der Waals surface area contributed by atoms with Gasteiger partial charge in [-0.3, -0.25) is 4.79 Å². The minimum Gasteiger partial charge on any atom is -0.330 e.